The summed E-state index contributed by atoms with van der Waals surface area (Å²) in [5.74, 6) is 0. The average molecular weight is 478 g/mol. The molecule has 0 amide bonds. The second-order valence-corrected chi connectivity index (χ2v) is 15.4. The number of nitrogens with one attached hydrogen (secondary N) is 1. The molecule has 0 radical (unpaired) electrons. The van der Waals surface area contributed by atoms with Crippen molar-refractivity contribution >= 4 is 42.2 Å². The third-order valence-corrected chi connectivity index (χ3v) is 15.1. The normalized spacial score (nSPS) is 11.4. The number of carbonyl (C=O) groups excluding carboxylic acids is 1. The van der Waals surface area contributed by atoms with E-state index in [1.54, 1.807) is 0 Å². The molecule has 0 aliphatic heterocycles. The Hall–Kier alpha value is -3.57. The third kappa shape index (κ3) is 3.55. The molecule has 156 valence electrons. The van der Waals surface area contributed by atoms with Gasteiger partial charge >= 0.3 is 190 Å². The van der Waals surface area contributed by atoms with Crippen LogP contribution >= 0.6 is 0 Å². The molecule has 0 unspecified atom stereocenters. The van der Waals surface area contributed by atoms with Gasteiger partial charge in [0.05, 0.1) is 0 Å². The fourth-order valence-corrected chi connectivity index (χ4v) is 13.0. The van der Waals surface area contributed by atoms with Gasteiger partial charge in [0.15, 0.2) is 0 Å². The first-order valence-corrected chi connectivity index (χ1v) is 14.9. The number of aromatic nitrogens is 1. The Balaban J connectivity index is 1.63. The van der Waals surface area contributed by atoms with Gasteiger partial charge in [-0.05, 0) is 0 Å². The molecule has 1 N–H and O–H groups in total. The van der Waals surface area contributed by atoms with Gasteiger partial charge in [0.2, 0.25) is 0 Å². The first-order valence-electron chi connectivity index (χ1n) is 10.7. The summed E-state index contributed by atoms with van der Waals surface area (Å²) >= 11 is -3.81. The van der Waals surface area contributed by atoms with Gasteiger partial charge in [0, 0.05) is 0 Å². The van der Waals surface area contributed by atoms with E-state index in [1.165, 1.54) is 0 Å². The summed E-state index contributed by atoms with van der Waals surface area (Å²) in [7, 11) is 0. The van der Waals surface area contributed by atoms with Crippen LogP contribution in [-0.2, 0) is 11.3 Å². The van der Waals surface area contributed by atoms with E-state index in [2.05, 4.69) is 47.4 Å². The summed E-state index contributed by atoms with van der Waals surface area (Å²) in [6.45, 7) is 0.238. The molecule has 0 bridgehead atoms. The van der Waals surface area contributed by atoms with E-state index in [0.29, 0.717) is 0 Å². The summed E-state index contributed by atoms with van der Waals surface area (Å²) in [5, 5.41) is 1.08. The molecule has 0 atom stereocenters. The molecule has 5 aromatic rings. The molecule has 3 nitrogen and oxygen atoms in total. The number of rotatable bonds is 6. The molecule has 0 aliphatic carbocycles. The van der Waals surface area contributed by atoms with Crippen LogP contribution in [0.15, 0.2) is 121 Å². The van der Waals surface area contributed by atoms with E-state index in [0.717, 1.165) is 29.7 Å². The van der Waals surface area contributed by atoms with Crippen molar-refractivity contribution in [1.29, 1.82) is 0 Å². The molecular weight excluding hydrogens is 455 g/mol. The number of hydrogen-bond donors (Lipinski definition) is 1. The summed E-state index contributed by atoms with van der Waals surface area (Å²) in [6.07, 6.45) is 1.93. The Morgan fingerprint density at radius 2 is 1.12 bits per heavy atom. The molecule has 4 aromatic carbocycles. The van der Waals surface area contributed by atoms with Gasteiger partial charge in [0.25, 0.3) is 0 Å². The van der Waals surface area contributed by atoms with E-state index in [4.69, 9.17) is 4.74 Å². The number of para-hydroxylation sites is 1. The molecule has 0 spiro atoms. The number of benzene rings is 4. The number of H-pyrrole nitrogens is 1. The van der Waals surface area contributed by atoms with Crippen molar-refractivity contribution in [2.24, 2.45) is 0 Å². The maximum atomic E-state index is 14.1. The van der Waals surface area contributed by atoms with Crippen LogP contribution in [0.1, 0.15) is 5.56 Å². The summed E-state index contributed by atoms with van der Waals surface area (Å²) in [4.78, 5) is 17.3. The van der Waals surface area contributed by atoms with Crippen molar-refractivity contribution in [1.82, 2.24) is 4.98 Å². The standard InChI is InChI=1S/C28H23GeNO2/c31-28(32-21-22-20-30-27-19-11-10-18-26(22)27)29(23-12-4-1-5-13-23,24-14-6-2-7-15-24)25-16-8-3-9-17-25/h1-20,30H,21H2. The molecular formula is C28H23GeNO2. The zero-order valence-corrected chi connectivity index (χ0v) is 19.7. The Morgan fingerprint density at radius 3 is 1.66 bits per heavy atom. The number of ether oxygens (including phenoxy) is 1. The van der Waals surface area contributed by atoms with E-state index in [1.807, 2.05) is 79.0 Å². The zero-order valence-electron chi connectivity index (χ0n) is 17.6. The third-order valence-electron chi connectivity index (χ3n) is 5.96. The number of fused-ring (bicyclic) bond motifs is 1. The summed E-state index contributed by atoms with van der Waals surface area (Å²) in [5.41, 5.74) is 2.03. The Bertz CT molecular complexity index is 1230. The summed E-state index contributed by atoms with van der Waals surface area (Å²) in [6, 6.07) is 38.6. The quantitative estimate of drug-likeness (QED) is 0.364. The van der Waals surface area contributed by atoms with Crippen LogP contribution in [0.3, 0.4) is 0 Å². The minimum absolute atomic E-state index is 0.112. The van der Waals surface area contributed by atoms with Gasteiger partial charge in [-0.25, -0.2) is 0 Å². The van der Waals surface area contributed by atoms with Crippen molar-refractivity contribution < 1.29 is 9.53 Å². The van der Waals surface area contributed by atoms with Crippen LogP contribution in [0.4, 0.5) is 4.79 Å². The predicted molar refractivity (Wildman–Crippen MR) is 132 cm³/mol. The molecule has 4 heteroatoms. The topological polar surface area (TPSA) is 42.1 Å². The number of aromatic amines is 1. The molecule has 32 heavy (non-hydrogen) atoms. The van der Waals surface area contributed by atoms with Crippen molar-refractivity contribution in [3.8, 4) is 0 Å². The van der Waals surface area contributed by atoms with E-state index >= 15 is 0 Å². The Kier molecular flexibility index (Phi) is 5.65. The van der Waals surface area contributed by atoms with Crippen LogP contribution in [0.5, 0.6) is 0 Å². The Labute approximate surface area is 190 Å². The van der Waals surface area contributed by atoms with Crippen molar-refractivity contribution in [3.05, 3.63) is 127 Å². The average Bonchev–Trinajstić information content (AvgIpc) is 3.28. The van der Waals surface area contributed by atoms with Gasteiger partial charge in [0.1, 0.15) is 0 Å². The maximum absolute atomic E-state index is 14.1. The van der Waals surface area contributed by atoms with Crippen LogP contribution in [0.25, 0.3) is 10.9 Å². The molecule has 5 rings (SSSR count). The fourth-order valence-electron chi connectivity index (χ4n) is 4.42. The van der Waals surface area contributed by atoms with Gasteiger partial charge in [-0.2, -0.15) is 0 Å². The predicted octanol–water partition coefficient (Wildman–Crippen LogP) is 4.56. The zero-order chi connectivity index (χ0) is 21.8. The first kappa shape index (κ1) is 20.3. The number of hydrogen-bond acceptors (Lipinski definition) is 2. The second-order valence-electron chi connectivity index (χ2n) is 7.78. The van der Waals surface area contributed by atoms with Crippen LogP contribution < -0.4 is 13.2 Å². The first-order chi connectivity index (χ1) is 15.8. The van der Waals surface area contributed by atoms with Crippen LogP contribution in [-0.4, -0.2) is 23.1 Å². The van der Waals surface area contributed by atoms with E-state index in [9.17, 15) is 4.79 Å². The van der Waals surface area contributed by atoms with Crippen molar-refractivity contribution in [2.45, 2.75) is 6.61 Å². The Morgan fingerprint density at radius 1 is 0.656 bits per heavy atom. The van der Waals surface area contributed by atoms with Crippen LogP contribution in [0.2, 0.25) is 0 Å². The van der Waals surface area contributed by atoms with Gasteiger partial charge < -0.3 is 0 Å². The number of carbonyl (C=O) groups is 1. The van der Waals surface area contributed by atoms with Crippen molar-refractivity contribution in [3.63, 3.8) is 0 Å². The van der Waals surface area contributed by atoms with E-state index < -0.39 is 13.3 Å². The molecule has 0 aliphatic rings. The molecule has 0 saturated carbocycles. The summed E-state index contributed by atoms with van der Waals surface area (Å²) < 4.78 is 9.34. The SMILES string of the molecule is O=[C](OCc1c[nH]c2ccccc12)[Ge]([c]1ccccc1)([c]1ccccc1)[c]1ccccc1. The monoisotopic (exact) mass is 479 g/mol. The van der Waals surface area contributed by atoms with Crippen molar-refractivity contribution in [2.75, 3.05) is 0 Å². The molecule has 1 heterocycles. The van der Waals surface area contributed by atoms with Gasteiger partial charge in [-0.3, -0.25) is 0 Å². The second kappa shape index (κ2) is 8.89. The fraction of sp³-hybridized carbons (Fsp3) is 0.0357. The minimum atomic E-state index is -3.81. The van der Waals surface area contributed by atoms with Gasteiger partial charge in [-0.1, -0.05) is 0 Å². The van der Waals surface area contributed by atoms with Gasteiger partial charge in [-0.15, -0.1) is 0 Å². The molecule has 0 saturated heterocycles. The van der Waals surface area contributed by atoms with E-state index in [-0.39, 0.29) is 11.4 Å². The molecule has 1 aromatic heterocycles. The van der Waals surface area contributed by atoms with Crippen LogP contribution in [0, 0.1) is 0 Å². The molecule has 0 fully saturated rings.